The number of nitrogens with zero attached hydrogens (tertiary/aromatic N) is 1. The smallest absolute Gasteiger partial charge is 0.173 e. The van der Waals surface area contributed by atoms with E-state index in [0.29, 0.717) is 13.0 Å². The summed E-state index contributed by atoms with van der Waals surface area (Å²) in [6, 6.07) is 14.2. The molecule has 0 amide bonds. The topological polar surface area (TPSA) is 55.5 Å². The van der Waals surface area contributed by atoms with E-state index in [1.165, 1.54) is 5.56 Å². The normalized spacial score (nSPS) is 11.0. The highest BCUT2D eigenvalue weighted by Gasteiger charge is 2.13. The van der Waals surface area contributed by atoms with Crippen LogP contribution in [0.4, 0.5) is 0 Å². The Hall–Kier alpha value is -2.33. The minimum atomic E-state index is 0.0655. The second-order valence-corrected chi connectivity index (χ2v) is 5.25. The molecule has 2 aromatic carbocycles. The van der Waals surface area contributed by atoms with E-state index in [2.05, 4.69) is 17.3 Å². The molecule has 114 valence electrons. The molecular formula is C18H19NO3. The molecule has 0 aliphatic carbocycles. The summed E-state index contributed by atoms with van der Waals surface area (Å²) in [5.74, 6) is 0.815. The zero-order valence-corrected chi connectivity index (χ0v) is 12.6. The largest absolute Gasteiger partial charge is 0.493 e. The van der Waals surface area contributed by atoms with Gasteiger partial charge in [-0.1, -0.05) is 35.5 Å². The summed E-state index contributed by atoms with van der Waals surface area (Å²) in [6.07, 6.45) is 1.37. The lowest BCUT2D eigenvalue weighted by molar-refractivity contribution is 0.295. The lowest BCUT2D eigenvalue weighted by Crippen LogP contribution is -2.02. The van der Waals surface area contributed by atoms with Gasteiger partial charge in [0.05, 0.1) is 12.3 Å². The number of ether oxygens (including phenoxy) is 1. The molecule has 0 bridgehead atoms. The molecule has 4 heteroatoms. The van der Waals surface area contributed by atoms with Crippen LogP contribution in [0.3, 0.4) is 0 Å². The molecule has 0 aliphatic heterocycles. The third kappa shape index (κ3) is 2.97. The molecule has 0 unspecified atom stereocenters. The van der Waals surface area contributed by atoms with Crippen molar-refractivity contribution in [2.24, 2.45) is 0 Å². The van der Waals surface area contributed by atoms with Crippen LogP contribution < -0.4 is 4.74 Å². The highest BCUT2D eigenvalue weighted by atomic mass is 16.5. The summed E-state index contributed by atoms with van der Waals surface area (Å²) in [6.45, 7) is 2.65. The molecule has 0 saturated carbocycles. The zero-order valence-electron chi connectivity index (χ0n) is 12.6. The number of aromatic nitrogens is 1. The fourth-order valence-electron chi connectivity index (χ4n) is 2.53. The first-order valence-electron chi connectivity index (χ1n) is 7.45. The van der Waals surface area contributed by atoms with Gasteiger partial charge in [0.1, 0.15) is 5.75 Å². The minimum Gasteiger partial charge on any atom is -0.493 e. The standard InChI is InChI=1S/C18H19NO3/c1-13-17(21-12-10-14-5-3-2-4-6-14)8-7-15-16(9-11-20)19-22-18(13)15/h2-8,20H,9-12H2,1H3. The molecular weight excluding hydrogens is 278 g/mol. The fourth-order valence-corrected chi connectivity index (χ4v) is 2.53. The van der Waals surface area contributed by atoms with Crippen LogP contribution in [0, 0.1) is 6.92 Å². The molecule has 0 aliphatic rings. The zero-order chi connectivity index (χ0) is 15.4. The molecule has 4 nitrogen and oxygen atoms in total. The molecule has 22 heavy (non-hydrogen) atoms. The minimum absolute atomic E-state index is 0.0655. The Balaban J connectivity index is 1.73. The molecule has 0 fully saturated rings. The Morgan fingerprint density at radius 3 is 2.68 bits per heavy atom. The molecule has 3 rings (SSSR count). The summed E-state index contributed by atoms with van der Waals surface area (Å²) in [4.78, 5) is 0. The number of hydrogen-bond acceptors (Lipinski definition) is 4. The van der Waals surface area contributed by atoms with Crippen molar-refractivity contribution in [3.8, 4) is 5.75 Å². The Labute approximate surface area is 129 Å². The van der Waals surface area contributed by atoms with Gasteiger partial charge in [0.15, 0.2) is 5.58 Å². The predicted molar refractivity (Wildman–Crippen MR) is 85.2 cm³/mol. The van der Waals surface area contributed by atoms with Crippen LogP contribution in [0.2, 0.25) is 0 Å². The lowest BCUT2D eigenvalue weighted by atomic mass is 10.1. The predicted octanol–water partition coefficient (Wildman–Crippen LogP) is 3.29. The van der Waals surface area contributed by atoms with Crippen molar-refractivity contribution >= 4 is 11.0 Å². The second-order valence-electron chi connectivity index (χ2n) is 5.25. The van der Waals surface area contributed by atoms with E-state index in [-0.39, 0.29) is 6.61 Å². The van der Waals surface area contributed by atoms with Crippen LogP contribution in [0.25, 0.3) is 11.0 Å². The molecule has 1 heterocycles. The Bertz CT molecular complexity index is 750. The first-order chi connectivity index (χ1) is 10.8. The van der Waals surface area contributed by atoms with Crippen molar-refractivity contribution < 1.29 is 14.4 Å². The number of aliphatic hydroxyl groups excluding tert-OH is 1. The summed E-state index contributed by atoms with van der Waals surface area (Å²) in [5.41, 5.74) is 3.73. The average Bonchev–Trinajstić information content (AvgIpc) is 2.95. The number of aryl methyl sites for hydroxylation is 1. The Morgan fingerprint density at radius 2 is 1.91 bits per heavy atom. The molecule has 0 spiro atoms. The van der Waals surface area contributed by atoms with Crippen LogP contribution in [0.5, 0.6) is 5.75 Å². The SMILES string of the molecule is Cc1c(OCCc2ccccc2)ccc2c(CCO)noc12. The number of rotatable bonds is 6. The van der Waals surface area contributed by atoms with Crippen LogP contribution in [-0.4, -0.2) is 23.5 Å². The first-order valence-corrected chi connectivity index (χ1v) is 7.45. The van der Waals surface area contributed by atoms with Crippen LogP contribution in [0.15, 0.2) is 47.0 Å². The molecule has 0 saturated heterocycles. The summed E-state index contributed by atoms with van der Waals surface area (Å²) < 4.78 is 11.3. The van der Waals surface area contributed by atoms with Gasteiger partial charge in [-0.15, -0.1) is 0 Å². The number of benzene rings is 2. The average molecular weight is 297 g/mol. The number of fused-ring (bicyclic) bond motifs is 1. The van der Waals surface area contributed by atoms with Crippen molar-refractivity contribution in [2.45, 2.75) is 19.8 Å². The van der Waals surface area contributed by atoms with E-state index in [4.69, 9.17) is 14.4 Å². The van der Waals surface area contributed by atoms with E-state index in [1.54, 1.807) is 0 Å². The van der Waals surface area contributed by atoms with E-state index in [9.17, 15) is 0 Å². The van der Waals surface area contributed by atoms with Gasteiger partial charge in [-0.05, 0) is 24.6 Å². The Morgan fingerprint density at radius 1 is 1.09 bits per heavy atom. The second kappa shape index (κ2) is 6.62. The molecule has 0 atom stereocenters. The monoisotopic (exact) mass is 297 g/mol. The van der Waals surface area contributed by atoms with Gasteiger partial charge >= 0.3 is 0 Å². The summed E-state index contributed by atoms with van der Waals surface area (Å²) in [7, 11) is 0. The summed E-state index contributed by atoms with van der Waals surface area (Å²) >= 11 is 0. The number of hydrogen-bond donors (Lipinski definition) is 1. The maximum atomic E-state index is 9.04. The third-order valence-corrected chi connectivity index (χ3v) is 3.75. The summed E-state index contributed by atoms with van der Waals surface area (Å²) in [5, 5.41) is 14.0. The highest BCUT2D eigenvalue weighted by Crippen LogP contribution is 2.29. The van der Waals surface area contributed by atoms with Crippen LogP contribution in [0.1, 0.15) is 16.8 Å². The highest BCUT2D eigenvalue weighted by molar-refractivity contribution is 5.84. The quantitative estimate of drug-likeness (QED) is 0.758. The Kier molecular flexibility index (Phi) is 4.39. The van der Waals surface area contributed by atoms with E-state index in [1.807, 2.05) is 37.3 Å². The maximum Gasteiger partial charge on any atom is 0.173 e. The van der Waals surface area contributed by atoms with E-state index in [0.717, 1.165) is 34.4 Å². The van der Waals surface area contributed by atoms with Gasteiger partial charge in [0, 0.05) is 30.4 Å². The van der Waals surface area contributed by atoms with Crippen LogP contribution >= 0.6 is 0 Å². The first kappa shape index (κ1) is 14.6. The van der Waals surface area contributed by atoms with E-state index >= 15 is 0 Å². The molecule has 0 radical (unpaired) electrons. The van der Waals surface area contributed by atoms with Gasteiger partial charge in [-0.2, -0.15) is 0 Å². The van der Waals surface area contributed by atoms with Crippen molar-refractivity contribution in [3.05, 3.63) is 59.3 Å². The van der Waals surface area contributed by atoms with Gasteiger partial charge < -0.3 is 14.4 Å². The van der Waals surface area contributed by atoms with Crippen molar-refractivity contribution in [1.29, 1.82) is 0 Å². The van der Waals surface area contributed by atoms with E-state index < -0.39 is 0 Å². The van der Waals surface area contributed by atoms with Crippen molar-refractivity contribution in [3.63, 3.8) is 0 Å². The van der Waals surface area contributed by atoms with Gasteiger partial charge in [0.25, 0.3) is 0 Å². The maximum absolute atomic E-state index is 9.04. The van der Waals surface area contributed by atoms with Crippen molar-refractivity contribution in [2.75, 3.05) is 13.2 Å². The molecule has 3 aromatic rings. The van der Waals surface area contributed by atoms with Gasteiger partial charge in [-0.25, -0.2) is 0 Å². The third-order valence-electron chi connectivity index (χ3n) is 3.75. The fraction of sp³-hybridized carbons (Fsp3) is 0.278. The molecule has 1 aromatic heterocycles. The lowest BCUT2D eigenvalue weighted by Gasteiger charge is -2.09. The van der Waals surface area contributed by atoms with Crippen molar-refractivity contribution in [1.82, 2.24) is 5.16 Å². The van der Waals surface area contributed by atoms with Gasteiger partial charge in [0.2, 0.25) is 0 Å². The molecule has 1 N–H and O–H groups in total. The van der Waals surface area contributed by atoms with Gasteiger partial charge in [-0.3, -0.25) is 0 Å². The number of aliphatic hydroxyl groups is 1. The van der Waals surface area contributed by atoms with Crippen LogP contribution in [-0.2, 0) is 12.8 Å².